The lowest BCUT2D eigenvalue weighted by atomic mass is 9.97. The van der Waals surface area contributed by atoms with Gasteiger partial charge in [-0.2, -0.15) is 0 Å². The van der Waals surface area contributed by atoms with Crippen molar-refractivity contribution in [3.8, 4) is 0 Å². The van der Waals surface area contributed by atoms with Gasteiger partial charge in [0.2, 0.25) is 0 Å². The summed E-state index contributed by atoms with van der Waals surface area (Å²) in [5.74, 6) is 0.00864. The summed E-state index contributed by atoms with van der Waals surface area (Å²) in [5, 5.41) is 1.04. The molecular weight excluding hydrogens is 328 g/mol. The Morgan fingerprint density at radius 3 is 2.79 bits per heavy atom. The highest BCUT2D eigenvalue weighted by atomic mass is 32.1. The molecule has 0 unspecified atom stereocenters. The minimum absolute atomic E-state index is 0.0589. The van der Waals surface area contributed by atoms with Crippen molar-refractivity contribution in [3.63, 3.8) is 0 Å². The fourth-order valence-electron chi connectivity index (χ4n) is 3.06. The number of fused-ring (bicyclic) bond motifs is 1. The highest BCUT2D eigenvalue weighted by molar-refractivity contribution is 7.22. The van der Waals surface area contributed by atoms with Crippen molar-refractivity contribution in [2.24, 2.45) is 5.92 Å². The lowest BCUT2D eigenvalue weighted by molar-refractivity contribution is 0.0596. The minimum Gasteiger partial charge on any atom is -0.465 e. The average molecular weight is 350 g/mol. The number of piperidine rings is 1. The standard InChI is InChI=1S/C17H22N2O4S/c1-18-6-4-11(5-7-18)10-19(2)15-9-13-14(24-15)8-12(16(20)22-3)17(21)23-13/h8-9,11H,4-7,10H2,1-3H3. The predicted octanol–water partition coefficient (Wildman–Crippen LogP) is 2.42. The average Bonchev–Trinajstić information content (AvgIpc) is 2.98. The maximum absolute atomic E-state index is 11.9. The highest BCUT2D eigenvalue weighted by Crippen LogP contribution is 2.32. The Morgan fingerprint density at radius 2 is 2.12 bits per heavy atom. The minimum atomic E-state index is -0.666. The van der Waals surface area contributed by atoms with Gasteiger partial charge in [0.1, 0.15) is 5.56 Å². The topological polar surface area (TPSA) is 63.0 Å². The summed E-state index contributed by atoms with van der Waals surface area (Å²) in [4.78, 5) is 28.1. The Labute approximate surface area is 144 Å². The molecule has 24 heavy (non-hydrogen) atoms. The van der Waals surface area contributed by atoms with E-state index in [9.17, 15) is 9.59 Å². The van der Waals surface area contributed by atoms with Crippen molar-refractivity contribution < 1.29 is 13.9 Å². The van der Waals surface area contributed by atoms with Crippen molar-refractivity contribution >= 4 is 32.6 Å². The van der Waals surface area contributed by atoms with E-state index >= 15 is 0 Å². The van der Waals surface area contributed by atoms with E-state index in [1.165, 1.54) is 31.3 Å². The third-order valence-corrected chi connectivity index (χ3v) is 5.74. The second kappa shape index (κ2) is 6.94. The SMILES string of the molecule is COC(=O)c1cc2sc(N(C)CC3CCN(C)CC3)cc2oc1=O. The Balaban J connectivity index is 1.79. The summed E-state index contributed by atoms with van der Waals surface area (Å²) in [5.41, 5.74) is -0.198. The maximum atomic E-state index is 11.9. The summed E-state index contributed by atoms with van der Waals surface area (Å²) in [6, 6.07) is 3.43. The van der Waals surface area contributed by atoms with Gasteiger partial charge >= 0.3 is 11.6 Å². The summed E-state index contributed by atoms with van der Waals surface area (Å²) < 4.78 is 10.7. The van der Waals surface area contributed by atoms with Crippen LogP contribution in [0.1, 0.15) is 23.2 Å². The molecule has 0 spiro atoms. The molecule has 0 atom stereocenters. The van der Waals surface area contributed by atoms with Crippen LogP contribution in [0.5, 0.6) is 0 Å². The molecule has 1 aliphatic heterocycles. The molecule has 0 bridgehead atoms. The molecule has 0 radical (unpaired) electrons. The molecule has 7 heteroatoms. The van der Waals surface area contributed by atoms with E-state index in [-0.39, 0.29) is 5.56 Å². The first-order valence-corrected chi connectivity index (χ1v) is 8.85. The largest absolute Gasteiger partial charge is 0.465 e. The number of thiophene rings is 1. The van der Waals surface area contributed by atoms with Crippen LogP contribution in [-0.2, 0) is 4.74 Å². The van der Waals surface area contributed by atoms with Gasteiger partial charge < -0.3 is 19.0 Å². The summed E-state index contributed by atoms with van der Waals surface area (Å²) in [6.07, 6.45) is 2.40. The molecular formula is C17H22N2O4S. The molecule has 2 aromatic heterocycles. The highest BCUT2D eigenvalue weighted by Gasteiger charge is 2.20. The number of methoxy groups -OCH3 is 1. The van der Waals surface area contributed by atoms with Crippen molar-refractivity contribution in [1.29, 1.82) is 0 Å². The zero-order valence-electron chi connectivity index (χ0n) is 14.2. The lowest BCUT2D eigenvalue weighted by Crippen LogP contribution is -2.35. The van der Waals surface area contributed by atoms with Crippen LogP contribution in [0.2, 0.25) is 0 Å². The van der Waals surface area contributed by atoms with Crippen LogP contribution in [0.15, 0.2) is 21.3 Å². The maximum Gasteiger partial charge on any atom is 0.351 e. The smallest absolute Gasteiger partial charge is 0.351 e. The van der Waals surface area contributed by atoms with E-state index in [2.05, 4.69) is 28.6 Å². The lowest BCUT2D eigenvalue weighted by Gasteiger charge is -2.31. The van der Waals surface area contributed by atoms with Crippen molar-refractivity contribution in [2.75, 3.05) is 45.7 Å². The Morgan fingerprint density at radius 1 is 1.42 bits per heavy atom. The number of rotatable bonds is 4. The molecule has 3 heterocycles. The van der Waals surface area contributed by atoms with Gasteiger partial charge in [-0.05, 0) is 45.0 Å². The van der Waals surface area contributed by atoms with E-state index < -0.39 is 11.6 Å². The molecule has 0 saturated carbocycles. The molecule has 6 nitrogen and oxygen atoms in total. The number of likely N-dealkylation sites (tertiary alicyclic amines) is 1. The summed E-state index contributed by atoms with van der Waals surface area (Å²) in [7, 11) is 5.47. The number of carbonyl (C=O) groups is 1. The van der Waals surface area contributed by atoms with E-state index in [1.807, 2.05) is 6.07 Å². The van der Waals surface area contributed by atoms with Gasteiger partial charge in [-0.3, -0.25) is 0 Å². The molecule has 0 aromatic carbocycles. The van der Waals surface area contributed by atoms with Gasteiger partial charge in [0, 0.05) is 19.7 Å². The molecule has 3 rings (SSSR count). The first-order valence-electron chi connectivity index (χ1n) is 8.03. The second-order valence-electron chi connectivity index (χ2n) is 6.38. The molecule has 0 N–H and O–H groups in total. The number of hydrogen-bond donors (Lipinski definition) is 0. The quantitative estimate of drug-likeness (QED) is 0.789. The third kappa shape index (κ3) is 3.47. The number of nitrogens with zero attached hydrogens (tertiary/aromatic N) is 2. The fraction of sp³-hybridized carbons (Fsp3) is 0.529. The Bertz CT molecular complexity index is 789. The van der Waals surface area contributed by atoms with Crippen molar-refractivity contribution in [3.05, 3.63) is 28.1 Å². The molecule has 1 saturated heterocycles. The molecule has 1 aliphatic rings. The summed E-state index contributed by atoms with van der Waals surface area (Å²) >= 11 is 1.52. The normalized spacial score (nSPS) is 16.5. The molecule has 2 aromatic rings. The van der Waals surface area contributed by atoms with Gasteiger partial charge in [0.15, 0.2) is 5.58 Å². The molecule has 0 aliphatic carbocycles. The molecule has 130 valence electrons. The first-order chi connectivity index (χ1) is 11.5. The van der Waals surface area contributed by atoms with Crippen LogP contribution in [-0.4, -0.2) is 51.7 Å². The number of carbonyl (C=O) groups excluding carboxylic acids is 1. The van der Waals surface area contributed by atoms with Crippen molar-refractivity contribution in [2.45, 2.75) is 12.8 Å². The second-order valence-corrected chi connectivity index (χ2v) is 7.44. The van der Waals surface area contributed by atoms with Crippen molar-refractivity contribution in [1.82, 2.24) is 4.90 Å². The van der Waals surface area contributed by atoms with E-state index in [0.29, 0.717) is 11.5 Å². The van der Waals surface area contributed by atoms with Gasteiger partial charge in [0.25, 0.3) is 0 Å². The zero-order chi connectivity index (χ0) is 17.3. The first kappa shape index (κ1) is 17.0. The third-order valence-electron chi connectivity index (χ3n) is 4.56. The monoisotopic (exact) mass is 350 g/mol. The molecule has 0 amide bonds. The Hall–Kier alpha value is -1.86. The Kier molecular flexibility index (Phi) is 4.91. The zero-order valence-corrected chi connectivity index (χ0v) is 15.0. The van der Waals surface area contributed by atoms with E-state index in [1.54, 1.807) is 6.07 Å². The number of ether oxygens (including phenoxy) is 1. The van der Waals surface area contributed by atoms with Crippen LogP contribution in [0, 0.1) is 5.92 Å². The van der Waals surface area contributed by atoms with Crippen LogP contribution >= 0.6 is 11.3 Å². The molecule has 1 fully saturated rings. The van der Waals surface area contributed by atoms with E-state index in [4.69, 9.17) is 4.42 Å². The van der Waals surface area contributed by atoms with Crippen LogP contribution in [0.4, 0.5) is 5.00 Å². The number of anilines is 1. The summed E-state index contributed by atoms with van der Waals surface area (Å²) in [6.45, 7) is 3.26. The van der Waals surface area contributed by atoms with Crippen LogP contribution < -0.4 is 10.5 Å². The van der Waals surface area contributed by atoms with E-state index in [0.717, 1.165) is 29.3 Å². The number of esters is 1. The van der Waals surface area contributed by atoms with Gasteiger partial charge in [0.05, 0.1) is 16.8 Å². The van der Waals surface area contributed by atoms with Gasteiger partial charge in [-0.15, -0.1) is 11.3 Å². The number of hydrogen-bond acceptors (Lipinski definition) is 7. The van der Waals surface area contributed by atoms with Crippen LogP contribution in [0.25, 0.3) is 10.3 Å². The van der Waals surface area contributed by atoms with Crippen LogP contribution in [0.3, 0.4) is 0 Å². The van der Waals surface area contributed by atoms with Gasteiger partial charge in [-0.25, -0.2) is 9.59 Å². The van der Waals surface area contributed by atoms with Gasteiger partial charge in [-0.1, -0.05) is 0 Å². The predicted molar refractivity (Wildman–Crippen MR) is 95.2 cm³/mol. The fourth-order valence-corrected chi connectivity index (χ4v) is 4.06.